The van der Waals surface area contributed by atoms with Gasteiger partial charge in [0.05, 0.1) is 23.7 Å². The average molecular weight is 562 g/mol. The van der Waals surface area contributed by atoms with E-state index in [2.05, 4.69) is 29.0 Å². The van der Waals surface area contributed by atoms with Crippen LogP contribution in [0.4, 0.5) is 0 Å². The molecule has 0 aliphatic carbocycles. The van der Waals surface area contributed by atoms with Crippen molar-refractivity contribution >= 4 is 18.5 Å². The highest BCUT2D eigenvalue weighted by Crippen LogP contribution is 2.46. The zero-order valence-electron chi connectivity index (χ0n) is 22.8. The molecular formula is C29H32N5O5P. The predicted octanol–water partition coefficient (Wildman–Crippen LogP) is 4.89. The topological polar surface area (TPSA) is 132 Å². The van der Waals surface area contributed by atoms with Crippen LogP contribution in [0.5, 0.6) is 0 Å². The van der Waals surface area contributed by atoms with Gasteiger partial charge in [0.1, 0.15) is 0 Å². The minimum Gasteiger partial charge on any atom is -0.374 e. The molecular weight excluding hydrogens is 529 g/mol. The lowest BCUT2D eigenvalue weighted by atomic mass is 9.83. The molecule has 0 bridgehead atoms. The molecule has 11 heteroatoms. The van der Waals surface area contributed by atoms with Gasteiger partial charge in [0.25, 0.3) is 5.56 Å². The van der Waals surface area contributed by atoms with Gasteiger partial charge < -0.3 is 23.7 Å². The highest BCUT2D eigenvalue weighted by atomic mass is 31.2. The van der Waals surface area contributed by atoms with Gasteiger partial charge in [-0.05, 0) is 65.1 Å². The number of hydrogen-bond donors (Lipinski definition) is 2. The summed E-state index contributed by atoms with van der Waals surface area (Å²) < 4.78 is 22.0. The van der Waals surface area contributed by atoms with Crippen LogP contribution >= 0.6 is 7.60 Å². The number of benzene rings is 1. The van der Waals surface area contributed by atoms with Crippen molar-refractivity contribution in [1.29, 1.82) is 0 Å². The summed E-state index contributed by atoms with van der Waals surface area (Å²) in [5.74, 6) is 0. The molecule has 0 amide bonds. The Morgan fingerprint density at radius 3 is 2.15 bits per heavy atom. The van der Waals surface area contributed by atoms with Gasteiger partial charge in [0.15, 0.2) is 5.60 Å². The second kappa shape index (κ2) is 12.5. The average Bonchev–Trinajstić information content (AvgIpc) is 3.55. The molecule has 5 aromatic rings. The number of rotatable bonds is 8. The SMILES string of the molecule is CCCP(=O)(OC)OC.Cn1c(=O)cc(-c2ccncc2)c2cc(C(O)(c3ccncc3)c3cnc[nH]3)ccc21. The van der Waals surface area contributed by atoms with Crippen molar-refractivity contribution in [3.05, 3.63) is 113 Å². The van der Waals surface area contributed by atoms with Crippen molar-refractivity contribution < 1.29 is 18.7 Å². The molecule has 0 saturated carbocycles. The van der Waals surface area contributed by atoms with Crippen LogP contribution in [0.15, 0.2) is 90.6 Å². The Labute approximate surface area is 232 Å². The van der Waals surface area contributed by atoms with E-state index in [1.165, 1.54) is 20.5 Å². The van der Waals surface area contributed by atoms with Crippen LogP contribution in [-0.2, 0) is 26.3 Å². The molecule has 0 saturated heterocycles. The van der Waals surface area contributed by atoms with Crippen molar-refractivity contribution in [2.45, 2.75) is 18.9 Å². The fourth-order valence-corrected chi connectivity index (χ4v) is 5.57. The Hall–Kier alpha value is -3.95. The van der Waals surface area contributed by atoms with Crippen LogP contribution in [0.25, 0.3) is 22.0 Å². The van der Waals surface area contributed by atoms with Crippen molar-refractivity contribution in [3.8, 4) is 11.1 Å². The number of pyridine rings is 3. The van der Waals surface area contributed by atoms with E-state index < -0.39 is 13.2 Å². The van der Waals surface area contributed by atoms with Crippen LogP contribution < -0.4 is 5.56 Å². The van der Waals surface area contributed by atoms with E-state index in [1.807, 2.05) is 37.3 Å². The highest BCUT2D eigenvalue weighted by molar-refractivity contribution is 7.53. The summed E-state index contributed by atoms with van der Waals surface area (Å²) in [4.78, 5) is 27.9. The Bertz CT molecular complexity index is 1650. The molecule has 208 valence electrons. The molecule has 1 aromatic carbocycles. The quantitative estimate of drug-likeness (QED) is 0.256. The van der Waals surface area contributed by atoms with Crippen molar-refractivity contribution in [1.82, 2.24) is 24.5 Å². The summed E-state index contributed by atoms with van der Waals surface area (Å²) in [6, 6.07) is 14.5. The monoisotopic (exact) mass is 561 g/mol. The molecule has 4 aromatic heterocycles. The minimum atomic E-state index is -2.68. The molecule has 2 N–H and O–H groups in total. The largest absolute Gasteiger partial charge is 0.374 e. The van der Waals surface area contributed by atoms with Gasteiger partial charge in [0.2, 0.25) is 0 Å². The number of imidazole rings is 1. The van der Waals surface area contributed by atoms with Crippen LogP contribution in [0, 0.1) is 0 Å². The second-order valence-corrected chi connectivity index (χ2v) is 11.4. The number of hydrogen-bond acceptors (Lipinski definition) is 8. The first-order chi connectivity index (χ1) is 19.3. The number of fused-ring (bicyclic) bond motifs is 1. The van der Waals surface area contributed by atoms with Crippen LogP contribution in [0.2, 0.25) is 0 Å². The lowest BCUT2D eigenvalue weighted by Gasteiger charge is -2.28. The summed E-state index contributed by atoms with van der Waals surface area (Å²) in [6.45, 7) is 1.94. The molecule has 10 nitrogen and oxygen atoms in total. The van der Waals surface area contributed by atoms with Gasteiger partial charge in [0, 0.05) is 63.7 Å². The Morgan fingerprint density at radius 1 is 0.950 bits per heavy atom. The lowest BCUT2D eigenvalue weighted by Crippen LogP contribution is -2.29. The fourth-order valence-electron chi connectivity index (χ4n) is 4.51. The molecule has 0 aliphatic heterocycles. The number of aliphatic hydroxyl groups is 1. The molecule has 0 radical (unpaired) electrons. The summed E-state index contributed by atoms with van der Waals surface area (Å²) in [5, 5.41) is 12.8. The van der Waals surface area contributed by atoms with Gasteiger partial charge in [-0.15, -0.1) is 0 Å². The van der Waals surface area contributed by atoms with Gasteiger partial charge in [-0.1, -0.05) is 13.0 Å². The number of aromatic amines is 1. The number of aromatic nitrogens is 5. The predicted molar refractivity (Wildman–Crippen MR) is 154 cm³/mol. The van der Waals surface area contributed by atoms with Gasteiger partial charge in [-0.25, -0.2) is 4.98 Å². The maximum absolute atomic E-state index is 12.6. The van der Waals surface area contributed by atoms with Crippen LogP contribution in [0.1, 0.15) is 30.2 Å². The third kappa shape index (κ3) is 5.80. The molecule has 0 fully saturated rings. The first-order valence-corrected chi connectivity index (χ1v) is 14.4. The number of H-pyrrole nitrogens is 1. The second-order valence-electron chi connectivity index (χ2n) is 9.03. The highest BCUT2D eigenvalue weighted by Gasteiger charge is 2.35. The molecule has 4 heterocycles. The molecule has 0 aliphatic rings. The third-order valence-corrected chi connectivity index (χ3v) is 8.80. The summed E-state index contributed by atoms with van der Waals surface area (Å²) >= 11 is 0. The standard InChI is InChI=1S/C24H19N5O2.C5H13O3P/c1-29-21-3-2-18(12-20(21)19(13-23(29)30)16-4-8-25-9-5-16)24(31,22-14-27-15-28-22)17-6-10-26-11-7-17;1-4-5-9(6,7-2)8-3/h2-15,31H,1H3,(H,27,28);4-5H2,1-3H3. The number of nitrogens with one attached hydrogen (secondary N) is 1. The van der Waals surface area contributed by atoms with Gasteiger partial charge in [-0.3, -0.25) is 19.3 Å². The smallest absolute Gasteiger partial charge is 0.330 e. The minimum absolute atomic E-state index is 0.106. The number of aryl methyl sites for hydroxylation is 1. The maximum Gasteiger partial charge on any atom is 0.330 e. The third-order valence-electron chi connectivity index (χ3n) is 6.70. The molecule has 1 unspecified atom stereocenters. The normalized spacial score (nSPS) is 12.9. The Balaban J connectivity index is 0.000000357. The first kappa shape index (κ1) is 29.0. The number of nitrogens with zero attached hydrogens (tertiary/aromatic N) is 4. The zero-order valence-corrected chi connectivity index (χ0v) is 23.7. The molecule has 5 rings (SSSR count). The van der Waals surface area contributed by atoms with Crippen molar-refractivity contribution in [3.63, 3.8) is 0 Å². The van der Waals surface area contributed by atoms with Crippen LogP contribution in [0.3, 0.4) is 0 Å². The molecule has 1 atom stereocenters. The van der Waals surface area contributed by atoms with E-state index in [-0.39, 0.29) is 5.56 Å². The lowest BCUT2D eigenvalue weighted by molar-refractivity contribution is 0.121. The molecule has 0 spiro atoms. The summed E-state index contributed by atoms with van der Waals surface area (Å²) in [7, 11) is 1.86. The summed E-state index contributed by atoms with van der Waals surface area (Å²) in [6.07, 6.45) is 11.1. The van der Waals surface area contributed by atoms with Crippen molar-refractivity contribution in [2.75, 3.05) is 20.4 Å². The fraction of sp³-hybridized carbons (Fsp3) is 0.241. The van der Waals surface area contributed by atoms with E-state index in [4.69, 9.17) is 0 Å². The van der Waals surface area contributed by atoms with E-state index in [0.29, 0.717) is 23.0 Å². The molecule has 40 heavy (non-hydrogen) atoms. The summed E-state index contributed by atoms with van der Waals surface area (Å²) in [5.41, 5.74) is 2.68. The zero-order chi connectivity index (χ0) is 28.8. The van der Waals surface area contributed by atoms with E-state index >= 15 is 0 Å². The van der Waals surface area contributed by atoms with E-state index in [9.17, 15) is 14.5 Å². The van der Waals surface area contributed by atoms with Gasteiger partial charge in [-0.2, -0.15) is 0 Å². The Morgan fingerprint density at radius 2 is 1.60 bits per heavy atom. The van der Waals surface area contributed by atoms with E-state index in [0.717, 1.165) is 28.5 Å². The first-order valence-electron chi connectivity index (χ1n) is 12.6. The maximum atomic E-state index is 12.6. The van der Waals surface area contributed by atoms with Gasteiger partial charge >= 0.3 is 7.60 Å². The van der Waals surface area contributed by atoms with Crippen LogP contribution in [-0.4, -0.2) is 50.0 Å². The van der Waals surface area contributed by atoms with Crippen molar-refractivity contribution in [2.24, 2.45) is 7.05 Å². The Kier molecular flexibility index (Phi) is 9.07. The van der Waals surface area contributed by atoms with E-state index in [1.54, 1.807) is 60.8 Å².